The van der Waals surface area contributed by atoms with E-state index in [0.717, 1.165) is 0 Å². The first-order chi connectivity index (χ1) is 5.25. The zero-order valence-corrected chi connectivity index (χ0v) is 8.62. The molecule has 0 aliphatic rings. The van der Waals surface area contributed by atoms with E-state index >= 15 is 0 Å². The third-order valence-electron chi connectivity index (χ3n) is 1.29. The van der Waals surface area contributed by atoms with E-state index in [9.17, 15) is 4.79 Å². The summed E-state index contributed by atoms with van der Waals surface area (Å²) in [6.45, 7) is 0. The molecule has 0 atom stereocenters. The van der Waals surface area contributed by atoms with Crippen LogP contribution in [0.25, 0.3) is 5.84 Å². The summed E-state index contributed by atoms with van der Waals surface area (Å²) in [5.74, 6) is 5.74. The van der Waals surface area contributed by atoms with E-state index in [1.165, 1.54) is 12.1 Å². The molecule has 0 radical (unpaired) electrons. The van der Waals surface area contributed by atoms with Gasteiger partial charge < -0.3 is 16.4 Å². The summed E-state index contributed by atoms with van der Waals surface area (Å²) in [6, 6.07) is 6.27. The van der Waals surface area contributed by atoms with Crippen LogP contribution in [0.15, 0.2) is 24.3 Å². The van der Waals surface area contributed by atoms with Crippen molar-refractivity contribution < 1.29 is 36.1 Å². The molecule has 1 aromatic rings. The van der Waals surface area contributed by atoms with Crippen molar-refractivity contribution >= 4 is 11.7 Å². The van der Waals surface area contributed by atoms with Crippen molar-refractivity contribution in [2.45, 2.75) is 0 Å². The quantitative estimate of drug-likeness (QED) is 0.776. The van der Waals surface area contributed by atoms with Crippen LogP contribution in [-0.2, 0) is 26.2 Å². The van der Waals surface area contributed by atoms with Crippen molar-refractivity contribution in [2.24, 2.45) is 0 Å². The van der Waals surface area contributed by atoms with Gasteiger partial charge in [0.05, 0.1) is 5.56 Å². The summed E-state index contributed by atoms with van der Waals surface area (Å²) in [4.78, 5) is 10.5. The molecule has 0 aliphatic heterocycles. The molecule has 0 aromatic heterocycles. The number of carbonyl (C=O) groups is 1. The summed E-state index contributed by atoms with van der Waals surface area (Å²) in [6.07, 6.45) is 0. The molecule has 0 aliphatic carbocycles. The molecule has 0 saturated heterocycles. The second-order valence-corrected chi connectivity index (χ2v) is 1.98. The van der Waals surface area contributed by atoms with Gasteiger partial charge in [0.1, 0.15) is 0 Å². The van der Waals surface area contributed by atoms with E-state index in [-0.39, 0.29) is 31.8 Å². The monoisotopic (exact) mass is 241 g/mol. The van der Waals surface area contributed by atoms with Crippen LogP contribution in [0.5, 0.6) is 0 Å². The molecular formula is C7H7N2O2Zr-. The number of rotatable bonds is 2. The Morgan fingerprint density at radius 3 is 2.42 bits per heavy atom. The number of hydrogen-bond donors (Lipinski definition) is 2. The SMILES string of the molecule is [NH-]Nc1ccccc1C(=O)O.[Zr]. The van der Waals surface area contributed by atoms with Crippen molar-refractivity contribution in [2.75, 3.05) is 5.43 Å². The van der Waals surface area contributed by atoms with Crippen molar-refractivity contribution in [1.29, 1.82) is 0 Å². The molecule has 0 saturated carbocycles. The Morgan fingerprint density at radius 2 is 2.00 bits per heavy atom. The maximum Gasteiger partial charge on any atom is 0.337 e. The first kappa shape index (κ1) is 11.3. The van der Waals surface area contributed by atoms with Gasteiger partial charge in [0.25, 0.3) is 0 Å². The third-order valence-corrected chi connectivity index (χ3v) is 1.29. The van der Waals surface area contributed by atoms with Crippen molar-refractivity contribution in [3.05, 3.63) is 35.7 Å². The molecule has 62 valence electrons. The Kier molecular flexibility index (Phi) is 4.78. The molecule has 5 heteroatoms. The van der Waals surface area contributed by atoms with Gasteiger partial charge in [0.15, 0.2) is 0 Å². The molecule has 0 heterocycles. The summed E-state index contributed by atoms with van der Waals surface area (Å²) >= 11 is 0. The summed E-state index contributed by atoms with van der Waals surface area (Å²) in [5, 5.41) is 8.57. The van der Waals surface area contributed by atoms with Crippen LogP contribution >= 0.6 is 0 Å². The number of para-hydroxylation sites is 1. The minimum absolute atomic E-state index is 0. The van der Waals surface area contributed by atoms with E-state index in [4.69, 9.17) is 10.9 Å². The molecule has 0 bridgehead atoms. The zero-order valence-electron chi connectivity index (χ0n) is 6.16. The topological polar surface area (TPSA) is 73.1 Å². The number of anilines is 1. The van der Waals surface area contributed by atoms with Gasteiger partial charge in [-0.3, -0.25) is 0 Å². The molecule has 0 amide bonds. The molecule has 1 rings (SSSR count). The van der Waals surface area contributed by atoms with Crippen LogP contribution in [0.2, 0.25) is 0 Å². The van der Waals surface area contributed by atoms with E-state index in [0.29, 0.717) is 5.69 Å². The number of nitrogens with one attached hydrogen (secondary N) is 2. The van der Waals surface area contributed by atoms with E-state index in [1.54, 1.807) is 12.1 Å². The molecule has 12 heavy (non-hydrogen) atoms. The van der Waals surface area contributed by atoms with Gasteiger partial charge in [0.2, 0.25) is 0 Å². The van der Waals surface area contributed by atoms with Crippen molar-refractivity contribution in [1.82, 2.24) is 0 Å². The second kappa shape index (κ2) is 5.06. The Bertz CT molecular complexity index is 278. The van der Waals surface area contributed by atoms with Crippen LogP contribution in [0.1, 0.15) is 10.4 Å². The number of benzene rings is 1. The average Bonchev–Trinajstić information content (AvgIpc) is 2.04. The molecule has 1 aromatic carbocycles. The van der Waals surface area contributed by atoms with Crippen molar-refractivity contribution in [3.8, 4) is 0 Å². The maximum atomic E-state index is 10.5. The Labute approximate surface area is 88.9 Å². The van der Waals surface area contributed by atoms with Crippen molar-refractivity contribution in [3.63, 3.8) is 0 Å². The van der Waals surface area contributed by atoms with Crippen LogP contribution in [0, 0.1) is 0 Å². The predicted octanol–water partition coefficient (Wildman–Crippen LogP) is 1.76. The van der Waals surface area contributed by atoms with E-state index in [2.05, 4.69) is 0 Å². The van der Waals surface area contributed by atoms with Crippen LogP contribution in [0.4, 0.5) is 5.69 Å². The third kappa shape index (κ3) is 2.43. The number of hydrogen-bond acceptors (Lipinski definition) is 2. The first-order valence-electron chi connectivity index (χ1n) is 3.01. The molecule has 0 unspecified atom stereocenters. The molecule has 0 fully saturated rings. The summed E-state index contributed by atoms with van der Waals surface area (Å²) in [7, 11) is 0. The molecule has 4 nitrogen and oxygen atoms in total. The zero-order chi connectivity index (χ0) is 8.27. The van der Waals surface area contributed by atoms with Crippen LogP contribution < -0.4 is 5.43 Å². The number of aromatic carboxylic acids is 1. The smallest absolute Gasteiger partial charge is 0.337 e. The van der Waals surface area contributed by atoms with Gasteiger partial charge in [-0.2, -0.15) is 0 Å². The van der Waals surface area contributed by atoms with Gasteiger partial charge in [-0.1, -0.05) is 12.1 Å². The number of carboxylic acid groups (broad SMARTS) is 1. The van der Waals surface area contributed by atoms with Crippen LogP contribution in [-0.4, -0.2) is 11.1 Å². The number of carboxylic acids is 1. The second-order valence-electron chi connectivity index (χ2n) is 1.98. The van der Waals surface area contributed by atoms with E-state index < -0.39 is 5.97 Å². The fourth-order valence-electron chi connectivity index (χ4n) is 0.779. The standard InChI is InChI=1S/C7H7N2O2.Zr/c8-9-6-4-2-1-3-5(6)7(10)11;/h1-4,8-9H,(H,10,11);/q-1;. The van der Waals surface area contributed by atoms with Crippen LogP contribution in [0.3, 0.4) is 0 Å². The molecular weight excluding hydrogens is 235 g/mol. The Morgan fingerprint density at radius 1 is 1.42 bits per heavy atom. The minimum Gasteiger partial charge on any atom is -0.586 e. The fraction of sp³-hybridized carbons (Fsp3) is 0. The molecule has 0 spiro atoms. The van der Waals surface area contributed by atoms with Gasteiger partial charge in [-0.15, -0.1) is 0 Å². The minimum atomic E-state index is -1.03. The fourth-order valence-corrected chi connectivity index (χ4v) is 0.779. The summed E-state index contributed by atoms with van der Waals surface area (Å²) in [5.41, 5.74) is 2.47. The van der Waals surface area contributed by atoms with E-state index in [1.807, 2.05) is 5.43 Å². The predicted molar refractivity (Wildman–Crippen MR) is 41.3 cm³/mol. The molecule has 3 N–H and O–H groups in total. The average molecular weight is 242 g/mol. The van der Waals surface area contributed by atoms with Gasteiger partial charge in [-0.25, -0.2) is 4.79 Å². The maximum absolute atomic E-state index is 10.5. The summed E-state index contributed by atoms with van der Waals surface area (Å²) < 4.78 is 0. The Balaban J connectivity index is 0.00000121. The van der Waals surface area contributed by atoms with Gasteiger partial charge >= 0.3 is 5.97 Å². The van der Waals surface area contributed by atoms with Gasteiger partial charge in [-0.05, 0) is 12.1 Å². The normalized spacial score (nSPS) is 8.42. The van der Waals surface area contributed by atoms with Gasteiger partial charge in [0, 0.05) is 31.9 Å². The first-order valence-corrected chi connectivity index (χ1v) is 3.01. The largest absolute Gasteiger partial charge is 0.586 e. The Hall–Kier alpha value is -0.667.